The van der Waals surface area contributed by atoms with Crippen molar-refractivity contribution in [3.8, 4) is 0 Å². The molecule has 2 aromatic rings. The number of aromatic nitrogens is 1. The summed E-state index contributed by atoms with van der Waals surface area (Å²) in [5.41, 5.74) is 0.128. The van der Waals surface area contributed by atoms with Crippen LogP contribution in [0.15, 0.2) is 35.1 Å². The molecule has 2 atom stereocenters. The number of carbonyl (C=O) groups excluding carboxylic acids is 1. The van der Waals surface area contributed by atoms with Crippen LogP contribution in [0.5, 0.6) is 0 Å². The van der Waals surface area contributed by atoms with Gasteiger partial charge < -0.3 is 15.6 Å². The third kappa shape index (κ3) is 2.41. The first-order valence-electron chi connectivity index (χ1n) is 7.88. The van der Waals surface area contributed by atoms with Crippen molar-refractivity contribution in [2.75, 3.05) is 0 Å². The molecule has 5 heteroatoms. The monoisotopic (exact) mass is 297 g/mol. The van der Waals surface area contributed by atoms with E-state index in [0.717, 1.165) is 18.2 Å². The van der Waals surface area contributed by atoms with Gasteiger partial charge in [-0.2, -0.15) is 0 Å². The number of benzene rings is 1. The molecule has 0 saturated carbocycles. The minimum atomic E-state index is -0.214. The molecule has 1 amide bonds. The van der Waals surface area contributed by atoms with Gasteiger partial charge in [0.15, 0.2) is 0 Å². The van der Waals surface area contributed by atoms with Crippen LogP contribution in [-0.4, -0.2) is 29.0 Å². The lowest BCUT2D eigenvalue weighted by Crippen LogP contribution is -2.48. The van der Waals surface area contributed by atoms with Crippen LogP contribution >= 0.6 is 0 Å². The molecule has 3 N–H and O–H groups in total. The molecule has 2 aliphatic heterocycles. The molecule has 5 nitrogen and oxygen atoms in total. The number of nitrogens with one attached hydrogen (secondary N) is 3. The quantitative estimate of drug-likeness (QED) is 0.787. The van der Waals surface area contributed by atoms with Crippen molar-refractivity contribution in [3.63, 3.8) is 0 Å². The Labute approximate surface area is 128 Å². The van der Waals surface area contributed by atoms with Gasteiger partial charge >= 0.3 is 0 Å². The number of amides is 1. The van der Waals surface area contributed by atoms with E-state index < -0.39 is 0 Å². The summed E-state index contributed by atoms with van der Waals surface area (Å²) in [6, 6.07) is 10.3. The van der Waals surface area contributed by atoms with Gasteiger partial charge in [-0.15, -0.1) is 0 Å². The molecule has 114 valence electrons. The topological polar surface area (TPSA) is 74.0 Å². The highest BCUT2D eigenvalue weighted by Crippen LogP contribution is 2.26. The summed E-state index contributed by atoms with van der Waals surface area (Å²) in [7, 11) is 0. The van der Waals surface area contributed by atoms with Crippen molar-refractivity contribution in [2.45, 2.75) is 43.8 Å². The Morgan fingerprint density at radius 2 is 1.86 bits per heavy atom. The minimum absolute atomic E-state index is 0.186. The fraction of sp³-hybridized carbons (Fsp3) is 0.412. The number of aromatic amines is 1. The predicted molar refractivity (Wildman–Crippen MR) is 85.0 cm³/mol. The smallest absolute Gasteiger partial charge is 0.268 e. The first-order valence-corrected chi connectivity index (χ1v) is 7.88. The zero-order valence-electron chi connectivity index (χ0n) is 12.3. The number of fused-ring (bicyclic) bond motifs is 3. The molecule has 2 unspecified atom stereocenters. The summed E-state index contributed by atoms with van der Waals surface area (Å²) in [6.45, 7) is 0. The van der Waals surface area contributed by atoms with E-state index in [4.69, 9.17) is 0 Å². The van der Waals surface area contributed by atoms with Gasteiger partial charge in [-0.1, -0.05) is 18.2 Å². The van der Waals surface area contributed by atoms with E-state index in [2.05, 4.69) is 15.6 Å². The third-order valence-corrected chi connectivity index (χ3v) is 4.81. The molecule has 2 aliphatic rings. The predicted octanol–water partition coefficient (Wildman–Crippen LogP) is 1.54. The Hall–Kier alpha value is -2.14. The van der Waals surface area contributed by atoms with Gasteiger partial charge in [0.25, 0.3) is 11.5 Å². The summed E-state index contributed by atoms with van der Waals surface area (Å²) in [6.07, 6.45) is 4.34. The van der Waals surface area contributed by atoms with Crippen molar-refractivity contribution in [3.05, 3.63) is 46.4 Å². The molecular weight excluding hydrogens is 278 g/mol. The van der Waals surface area contributed by atoms with Crippen molar-refractivity contribution < 1.29 is 4.79 Å². The average molecular weight is 297 g/mol. The van der Waals surface area contributed by atoms with Crippen molar-refractivity contribution >= 4 is 16.7 Å². The van der Waals surface area contributed by atoms with E-state index in [9.17, 15) is 9.59 Å². The third-order valence-electron chi connectivity index (χ3n) is 4.81. The summed E-state index contributed by atoms with van der Waals surface area (Å²) < 4.78 is 0. The lowest BCUT2D eigenvalue weighted by atomic mass is 9.99. The zero-order chi connectivity index (χ0) is 15.1. The van der Waals surface area contributed by atoms with Gasteiger partial charge in [-0.3, -0.25) is 9.59 Å². The molecule has 22 heavy (non-hydrogen) atoms. The normalized spacial score (nSPS) is 27.0. The second kappa shape index (κ2) is 5.25. The zero-order valence-corrected chi connectivity index (χ0v) is 12.3. The summed E-state index contributed by atoms with van der Waals surface area (Å²) >= 11 is 0. The Balaban J connectivity index is 1.56. The first-order chi connectivity index (χ1) is 10.7. The number of pyridine rings is 1. The Bertz CT molecular complexity index is 771. The minimum Gasteiger partial charge on any atom is -0.348 e. The van der Waals surface area contributed by atoms with Gasteiger partial charge in [0.2, 0.25) is 0 Å². The highest BCUT2D eigenvalue weighted by Gasteiger charge is 2.34. The van der Waals surface area contributed by atoms with Crippen molar-refractivity contribution in [1.82, 2.24) is 15.6 Å². The van der Waals surface area contributed by atoms with E-state index >= 15 is 0 Å². The van der Waals surface area contributed by atoms with E-state index in [-0.39, 0.29) is 17.5 Å². The van der Waals surface area contributed by atoms with E-state index in [1.165, 1.54) is 12.8 Å². The number of hydrogen-bond donors (Lipinski definition) is 3. The molecule has 1 aromatic carbocycles. The second-order valence-electron chi connectivity index (χ2n) is 6.38. The van der Waals surface area contributed by atoms with Gasteiger partial charge in [0.05, 0.1) is 0 Å². The standard InChI is InChI=1S/C17H19N3O2/c21-16-14-4-2-1-3-10(14)7-15(20-16)17(22)19-13-8-11-5-6-12(9-13)18-11/h1-4,7,11-13,18H,5-6,8-9H2,(H,19,22)(H,20,21). The number of hydrogen-bond acceptors (Lipinski definition) is 3. The van der Waals surface area contributed by atoms with Gasteiger partial charge in [0.1, 0.15) is 5.69 Å². The molecule has 1 aromatic heterocycles. The molecule has 0 aliphatic carbocycles. The molecule has 2 bridgehead atoms. The maximum atomic E-state index is 12.4. The van der Waals surface area contributed by atoms with E-state index in [0.29, 0.717) is 23.2 Å². The maximum Gasteiger partial charge on any atom is 0.268 e. The summed E-state index contributed by atoms with van der Waals surface area (Å²) in [5.74, 6) is -0.186. The van der Waals surface area contributed by atoms with Crippen LogP contribution in [0.2, 0.25) is 0 Å². The Morgan fingerprint density at radius 1 is 1.14 bits per heavy atom. The molecule has 2 fully saturated rings. The maximum absolute atomic E-state index is 12.4. The van der Waals surface area contributed by atoms with Crippen LogP contribution < -0.4 is 16.2 Å². The molecule has 0 spiro atoms. The Kier molecular flexibility index (Phi) is 3.22. The van der Waals surface area contributed by atoms with Crippen molar-refractivity contribution in [2.24, 2.45) is 0 Å². The number of H-pyrrole nitrogens is 1. The van der Waals surface area contributed by atoms with Gasteiger partial charge in [-0.05, 0) is 43.2 Å². The fourth-order valence-corrected chi connectivity index (χ4v) is 3.77. The summed E-state index contributed by atoms with van der Waals surface area (Å²) in [4.78, 5) is 27.2. The summed E-state index contributed by atoms with van der Waals surface area (Å²) in [5, 5.41) is 8.04. The number of rotatable bonds is 2. The van der Waals surface area contributed by atoms with Gasteiger partial charge in [0, 0.05) is 23.5 Å². The second-order valence-corrected chi connectivity index (χ2v) is 6.38. The van der Waals surface area contributed by atoms with E-state index in [1.807, 2.05) is 18.2 Å². The van der Waals surface area contributed by atoms with Crippen LogP contribution in [0.1, 0.15) is 36.2 Å². The SMILES string of the molecule is O=C(NC1CC2CCC(C1)N2)c1cc2ccccc2c(=O)[nH]1. The van der Waals surface area contributed by atoms with Crippen LogP contribution in [0.25, 0.3) is 10.8 Å². The van der Waals surface area contributed by atoms with Crippen molar-refractivity contribution in [1.29, 1.82) is 0 Å². The molecule has 4 rings (SSSR count). The van der Waals surface area contributed by atoms with Crippen LogP contribution in [0.4, 0.5) is 0 Å². The van der Waals surface area contributed by atoms with E-state index in [1.54, 1.807) is 12.1 Å². The molecule has 3 heterocycles. The van der Waals surface area contributed by atoms with Crippen LogP contribution in [-0.2, 0) is 0 Å². The largest absolute Gasteiger partial charge is 0.348 e. The van der Waals surface area contributed by atoms with Crippen LogP contribution in [0.3, 0.4) is 0 Å². The number of carbonyl (C=O) groups is 1. The molecule has 0 radical (unpaired) electrons. The average Bonchev–Trinajstić information content (AvgIpc) is 2.86. The Morgan fingerprint density at radius 3 is 2.64 bits per heavy atom. The fourth-order valence-electron chi connectivity index (χ4n) is 3.77. The van der Waals surface area contributed by atoms with Crippen LogP contribution in [0, 0.1) is 0 Å². The number of piperidine rings is 1. The molecular formula is C17H19N3O2. The lowest BCUT2D eigenvalue weighted by Gasteiger charge is -2.29. The highest BCUT2D eigenvalue weighted by atomic mass is 16.2. The first kappa shape index (κ1) is 13.5. The highest BCUT2D eigenvalue weighted by molar-refractivity contribution is 5.96. The van der Waals surface area contributed by atoms with Gasteiger partial charge in [-0.25, -0.2) is 0 Å². The lowest BCUT2D eigenvalue weighted by molar-refractivity contribution is 0.0919. The molecule has 2 saturated heterocycles.